The summed E-state index contributed by atoms with van der Waals surface area (Å²) in [4.78, 5) is 10.7. The molecular formula is C9H16N2O2. The molecule has 0 heterocycles. The number of hydrogen-bond acceptors (Lipinski definition) is 3. The Hall–Kier alpha value is -1.08. The molecule has 0 aliphatic carbocycles. The minimum atomic E-state index is -0.827. The van der Waals surface area contributed by atoms with Gasteiger partial charge in [0, 0.05) is 6.42 Å². The molecule has 1 atom stereocenters. The Morgan fingerprint density at radius 2 is 2.23 bits per heavy atom. The van der Waals surface area contributed by atoms with Crippen molar-refractivity contribution in [3.8, 4) is 6.07 Å². The number of carboxylic acid groups (broad SMARTS) is 1. The lowest BCUT2D eigenvalue weighted by Crippen LogP contribution is -2.41. The van der Waals surface area contributed by atoms with Crippen LogP contribution in [-0.4, -0.2) is 23.7 Å². The summed E-state index contributed by atoms with van der Waals surface area (Å²) >= 11 is 0. The van der Waals surface area contributed by atoms with Gasteiger partial charge in [-0.1, -0.05) is 13.8 Å². The lowest BCUT2D eigenvalue weighted by atomic mass is 10.0. The Bertz CT molecular complexity index is 196. The fourth-order valence-electron chi connectivity index (χ4n) is 1.03. The van der Waals surface area contributed by atoms with Crippen molar-refractivity contribution < 1.29 is 9.90 Å². The molecule has 0 radical (unpaired) electrons. The summed E-state index contributed by atoms with van der Waals surface area (Å²) in [5.74, 6) is -0.758. The molecule has 1 unspecified atom stereocenters. The molecule has 0 spiro atoms. The standard InChI is InChI=1S/C9H16N2O2/c1-7(2)8(9(12)13)11-6-4-3-5-10/h7-8,11H,3-4,6H2,1-2H3,(H,12,13). The molecule has 0 saturated carbocycles. The largest absolute Gasteiger partial charge is 0.480 e. The highest BCUT2D eigenvalue weighted by Gasteiger charge is 2.19. The number of rotatable bonds is 6. The molecule has 13 heavy (non-hydrogen) atoms. The number of nitrogens with one attached hydrogen (secondary N) is 1. The molecule has 0 aromatic heterocycles. The first-order valence-corrected chi connectivity index (χ1v) is 4.42. The second-order valence-corrected chi connectivity index (χ2v) is 3.28. The molecule has 0 bridgehead atoms. The molecule has 4 nitrogen and oxygen atoms in total. The number of unbranched alkanes of at least 4 members (excludes halogenated alkanes) is 1. The van der Waals surface area contributed by atoms with Crippen LogP contribution in [0.25, 0.3) is 0 Å². The van der Waals surface area contributed by atoms with Gasteiger partial charge in [0.1, 0.15) is 6.04 Å². The van der Waals surface area contributed by atoms with E-state index in [9.17, 15) is 4.79 Å². The van der Waals surface area contributed by atoms with Crippen LogP contribution in [0.1, 0.15) is 26.7 Å². The average molecular weight is 184 g/mol. The van der Waals surface area contributed by atoms with E-state index >= 15 is 0 Å². The van der Waals surface area contributed by atoms with E-state index in [1.807, 2.05) is 19.9 Å². The first-order chi connectivity index (χ1) is 6.09. The van der Waals surface area contributed by atoms with E-state index < -0.39 is 12.0 Å². The molecule has 0 aromatic rings. The van der Waals surface area contributed by atoms with Crippen molar-refractivity contribution in [1.82, 2.24) is 5.32 Å². The number of carbonyl (C=O) groups is 1. The van der Waals surface area contributed by atoms with Gasteiger partial charge in [0.15, 0.2) is 0 Å². The fraction of sp³-hybridized carbons (Fsp3) is 0.778. The third kappa shape index (κ3) is 5.21. The molecule has 74 valence electrons. The minimum absolute atomic E-state index is 0.0691. The molecule has 4 heteroatoms. The molecular weight excluding hydrogens is 168 g/mol. The van der Waals surface area contributed by atoms with Crippen molar-refractivity contribution >= 4 is 5.97 Å². The third-order valence-electron chi connectivity index (χ3n) is 1.76. The summed E-state index contributed by atoms with van der Waals surface area (Å²) in [6.45, 7) is 4.30. The van der Waals surface area contributed by atoms with E-state index in [0.717, 1.165) is 0 Å². The average Bonchev–Trinajstić information content (AvgIpc) is 2.02. The number of hydrogen-bond donors (Lipinski definition) is 2. The Morgan fingerprint density at radius 1 is 1.62 bits per heavy atom. The van der Waals surface area contributed by atoms with Crippen LogP contribution in [0.2, 0.25) is 0 Å². The van der Waals surface area contributed by atoms with Gasteiger partial charge in [-0.3, -0.25) is 4.79 Å². The topological polar surface area (TPSA) is 73.1 Å². The predicted molar refractivity (Wildman–Crippen MR) is 49.1 cm³/mol. The van der Waals surface area contributed by atoms with Gasteiger partial charge < -0.3 is 10.4 Å². The maximum absolute atomic E-state index is 10.7. The van der Waals surface area contributed by atoms with Gasteiger partial charge in [0.2, 0.25) is 0 Å². The van der Waals surface area contributed by atoms with Crippen molar-refractivity contribution in [3.05, 3.63) is 0 Å². The Balaban J connectivity index is 3.72. The first-order valence-electron chi connectivity index (χ1n) is 4.42. The smallest absolute Gasteiger partial charge is 0.320 e. The summed E-state index contributed by atoms with van der Waals surface area (Å²) in [6.07, 6.45) is 1.17. The van der Waals surface area contributed by atoms with E-state index in [4.69, 9.17) is 10.4 Å². The van der Waals surface area contributed by atoms with Gasteiger partial charge in [-0.2, -0.15) is 5.26 Å². The first kappa shape index (κ1) is 11.9. The Labute approximate surface area is 78.6 Å². The van der Waals surface area contributed by atoms with Crippen LogP contribution in [-0.2, 0) is 4.79 Å². The Kier molecular flexibility index (Phi) is 5.90. The Morgan fingerprint density at radius 3 is 2.62 bits per heavy atom. The van der Waals surface area contributed by atoms with Crippen LogP contribution in [0.4, 0.5) is 0 Å². The molecule has 0 amide bonds. The molecule has 0 rings (SSSR count). The molecule has 0 fully saturated rings. The molecule has 2 N–H and O–H groups in total. The van der Waals surface area contributed by atoms with Crippen molar-refractivity contribution in [3.63, 3.8) is 0 Å². The lowest BCUT2D eigenvalue weighted by molar-refractivity contribution is -0.140. The molecule has 0 aliphatic rings. The number of carboxylic acids is 1. The van der Waals surface area contributed by atoms with Gasteiger partial charge in [-0.15, -0.1) is 0 Å². The maximum Gasteiger partial charge on any atom is 0.320 e. The van der Waals surface area contributed by atoms with Crippen LogP contribution in [0, 0.1) is 17.2 Å². The van der Waals surface area contributed by atoms with E-state index in [1.165, 1.54) is 0 Å². The monoisotopic (exact) mass is 184 g/mol. The second kappa shape index (κ2) is 6.44. The summed E-state index contributed by atoms with van der Waals surface area (Å²) in [5.41, 5.74) is 0. The van der Waals surface area contributed by atoms with Crippen LogP contribution >= 0.6 is 0 Å². The number of aliphatic carboxylic acids is 1. The van der Waals surface area contributed by atoms with Crippen molar-refractivity contribution in [1.29, 1.82) is 5.26 Å². The lowest BCUT2D eigenvalue weighted by Gasteiger charge is -2.17. The molecule has 0 aromatic carbocycles. The van der Waals surface area contributed by atoms with Gasteiger partial charge in [-0.05, 0) is 18.9 Å². The van der Waals surface area contributed by atoms with Crippen molar-refractivity contribution in [2.45, 2.75) is 32.7 Å². The highest BCUT2D eigenvalue weighted by molar-refractivity contribution is 5.73. The summed E-state index contributed by atoms with van der Waals surface area (Å²) in [5, 5.41) is 19.9. The van der Waals surface area contributed by atoms with E-state index in [1.54, 1.807) is 0 Å². The zero-order valence-electron chi connectivity index (χ0n) is 8.08. The van der Waals surface area contributed by atoms with Gasteiger partial charge in [0.05, 0.1) is 6.07 Å². The van der Waals surface area contributed by atoms with Gasteiger partial charge in [-0.25, -0.2) is 0 Å². The van der Waals surface area contributed by atoms with Crippen LogP contribution in [0.15, 0.2) is 0 Å². The summed E-state index contributed by atoms with van der Waals surface area (Å²) in [6, 6.07) is 1.51. The quantitative estimate of drug-likeness (QED) is 0.604. The van der Waals surface area contributed by atoms with E-state index in [-0.39, 0.29) is 5.92 Å². The predicted octanol–water partition coefficient (Wildman–Crippen LogP) is 0.989. The highest BCUT2D eigenvalue weighted by atomic mass is 16.4. The minimum Gasteiger partial charge on any atom is -0.480 e. The van der Waals surface area contributed by atoms with Crippen LogP contribution in [0.5, 0.6) is 0 Å². The van der Waals surface area contributed by atoms with Gasteiger partial charge in [0.25, 0.3) is 0 Å². The van der Waals surface area contributed by atoms with E-state index in [0.29, 0.717) is 19.4 Å². The maximum atomic E-state index is 10.7. The SMILES string of the molecule is CC(C)C(NCCCC#N)C(=O)O. The number of nitriles is 1. The fourth-order valence-corrected chi connectivity index (χ4v) is 1.03. The summed E-state index contributed by atoms with van der Waals surface area (Å²) in [7, 11) is 0. The zero-order chi connectivity index (χ0) is 10.3. The van der Waals surface area contributed by atoms with E-state index in [2.05, 4.69) is 5.32 Å². The third-order valence-corrected chi connectivity index (χ3v) is 1.76. The normalized spacial score (nSPS) is 12.5. The molecule has 0 saturated heterocycles. The summed E-state index contributed by atoms with van der Waals surface area (Å²) < 4.78 is 0. The van der Waals surface area contributed by atoms with Crippen LogP contribution < -0.4 is 5.32 Å². The highest BCUT2D eigenvalue weighted by Crippen LogP contribution is 2.01. The molecule has 0 aliphatic heterocycles. The van der Waals surface area contributed by atoms with Crippen molar-refractivity contribution in [2.24, 2.45) is 5.92 Å². The zero-order valence-corrected chi connectivity index (χ0v) is 8.08. The van der Waals surface area contributed by atoms with Gasteiger partial charge >= 0.3 is 5.97 Å². The second-order valence-electron chi connectivity index (χ2n) is 3.28. The van der Waals surface area contributed by atoms with Crippen molar-refractivity contribution in [2.75, 3.05) is 6.54 Å². The van der Waals surface area contributed by atoms with Crippen LogP contribution in [0.3, 0.4) is 0 Å². The number of nitrogens with zero attached hydrogens (tertiary/aromatic N) is 1.